The van der Waals surface area contributed by atoms with Crippen LogP contribution in [0, 0.1) is 11.3 Å². The zero-order chi connectivity index (χ0) is 19.6. The highest BCUT2D eigenvalue weighted by molar-refractivity contribution is 6.30. The number of rotatable bonds is 2. The Labute approximate surface area is 159 Å². The Morgan fingerprint density at radius 3 is 2.37 bits per heavy atom. The Balaban J connectivity index is 1.73. The van der Waals surface area contributed by atoms with Gasteiger partial charge in [0.2, 0.25) is 0 Å². The summed E-state index contributed by atoms with van der Waals surface area (Å²) in [7, 11) is 0. The number of hydrogen-bond donors (Lipinski definition) is 0. The fourth-order valence-electron chi connectivity index (χ4n) is 3.03. The Morgan fingerprint density at radius 1 is 1.07 bits per heavy atom. The number of alkyl halides is 3. The highest BCUT2D eigenvalue weighted by atomic mass is 35.5. The fourth-order valence-corrected chi connectivity index (χ4v) is 3.22. The number of piperazine rings is 1. The smallest absolute Gasteiger partial charge is 0.368 e. The van der Waals surface area contributed by atoms with Crippen molar-refractivity contribution >= 4 is 23.2 Å². The van der Waals surface area contributed by atoms with Crippen LogP contribution in [0.2, 0.25) is 5.02 Å². The molecule has 8 heteroatoms. The van der Waals surface area contributed by atoms with E-state index >= 15 is 0 Å². The molecular weight excluding hydrogens is 379 g/mol. The Kier molecular flexibility index (Phi) is 5.29. The van der Waals surface area contributed by atoms with E-state index < -0.39 is 17.3 Å². The summed E-state index contributed by atoms with van der Waals surface area (Å²) in [4.78, 5) is 16.0. The maximum absolute atomic E-state index is 13.1. The van der Waals surface area contributed by atoms with Gasteiger partial charge in [0.05, 0.1) is 17.2 Å². The molecule has 140 valence electrons. The van der Waals surface area contributed by atoms with Crippen LogP contribution in [0.4, 0.5) is 18.9 Å². The van der Waals surface area contributed by atoms with Gasteiger partial charge in [-0.2, -0.15) is 18.4 Å². The average Bonchev–Trinajstić information content (AvgIpc) is 2.66. The van der Waals surface area contributed by atoms with E-state index in [1.165, 1.54) is 12.1 Å². The van der Waals surface area contributed by atoms with Gasteiger partial charge in [-0.25, -0.2) is 0 Å². The van der Waals surface area contributed by atoms with Gasteiger partial charge >= 0.3 is 6.18 Å². The molecule has 27 heavy (non-hydrogen) atoms. The third-order valence-corrected chi connectivity index (χ3v) is 4.67. The van der Waals surface area contributed by atoms with Gasteiger partial charge in [-0.05, 0) is 36.4 Å². The third kappa shape index (κ3) is 4.17. The first-order chi connectivity index (χ1) is 12.8. The lowest BCUT2D eigenvalue weighted by molar-refractivity contribution is -0.137. The molecule has 1 fully saturated rings. The van der Waals surface area contributed by atoms with Crippen LogP contribution in [0.25, 0.3) is 0 Å². The van der Waals surface area contributed by atoms with Gasteiger partial charge in [-0.1, -0.05) is 17.7 Å². The largest absolute Gasteiger partial charge is 0.417 e. The number of carbonyl (C=O) groups excluding carboxylic acids is 1. The number of hydrogen-bond acceptors (Lipinski definition) is 3. The minimum absolute atomic E-state index is 0.159. The van der Waals surface area contributed by atoms with Crippen molar-refractivity contribution in [1.82, 2.24) is 4.90 Å². The molecule has 1 aliphatic heterocycles. The summed E-state index contributed by atoms with van der Waals surface area (Å²) in [5, 5.41) is 9.36. The Hall–Kier alpha value is -2.72. The van der Waals surface area contributed by atoms with Crippen molar-refractivity contribution in [3.63, 3.8) is 0 Å². The number of amides is 1. The maximum atomic E-state index is 13.1. The second-order valence-electron chi connectivity index (χ2n) is 6.13. The first-order valence-corrected chi connectivity index (χ1v) is 8.58. The zero-order valence-electron chi connectivity index (χ0n) is 14.1. The van der Waals surface area contributed by atoms with Crippen LogP contribution < -0.4 is 4.90 Å². The molecule has 0 bridgehead atoms. The number of benzene rings is 2. The SMILES string of the molecule is N#Cc1ccc(N2CCN(C(=O)c3cccc(Cl)c3)CC2)cc1C(F)(F)F. The van der Waals surface area contributed by atoms with Gasteiger partial charge < -0.3 is 9.80 Å². The van der Waals surface area contributed by atoms with E-state index in [2.05, 4.69) is 0 Å². The molecule has 0 aliphatic carbocycles. The van der Waals surface area contributed by atoms with Crippen LogP contribution in [-0.4, -0.2) is 37.0 Å². The standard InChI is InChI=1S/C19H15ClF3N3O/c20-15-3-1-2-13(10-15)18(27)26-8-6-25(7-9-26)16-5-4-14(12-24)17(11-16)19(21,22)23/h1-5,10-11H,6-9H2. The lowest BCUT2D eigenvalue weighted by Gasteiger charge is -2.36. The molecule has 0 unspecified atom stereocenters. The highest BCUT2D eigenvalue weighted by Gasteiger charge is 2.34. The van der Waals surface area contributed by atoms with Crippen molar-refractivity contribution in [3.05, 3.63) is 64.2 Å². The zero-order valence-corrected chi connectivity index (χ0v) is 14.9. The molecule has 1 heterocycles. The molecule has 0 radical (unpaired) electrons. The van der Waals surface area contributed by atoms with Gasteiger partial charge in [0.1, 0.15) is 0 Å². The van der Waals surface area contributed by atoms with Gasteiger partial charge in [-0.15, -0.1) is 0 Å². The van der Waals surface area contributed by atoms with Crippen LogP contribution in [0.3, 0.4) is 0 Å². The van der Waals surface area contributed by atoms with Gasteiger partial charge in [0.15, 0.2) is 0 Å². The lowest BCUT2D eigenvalue weighted by atomic mass is 10.1. The van der Waals surface area contributed by atoms with Crippen molar-refractivity contribution in [2.45, 2.75) is 6.18 Å². The monoisotopic (exact) mass is 393 g/mol. The van der Waals surface area contributed by atoms with Crippen LogP contribution in [0.5, 0.6) is 0 Å². The van der Waals surface area contributed by atoms with Crippen molar-refractivity contribution < 1.29 is 18.0 Å². The Bertz CT molecular complexity index is 900. The molecule has 0 saturated carbocycles. The number of nitrogens with zero attached hydrogens (tertiary/aromatic N) is 3. The molecule has 2 aromatic carbocycles. The first-order valence-electron chi connectivity index (χ1n) is 8.21. The van der Waals surface area contributed by atoms with E-state index in [-0.39, 0.29) is 5.91 Å². The number of carbonyl (C=O) groups is 1. The summed E-state index contributed by atoms with van der Waals surface area (Å²) in [6.45, 7) is 1.56. The molecule has 4 nitrogen and oxygen atoms in total. The van der Waals surface area contributed by atoms with Crippen molar-refractivity contribution in [2.24, 2.45) is 0 Å². The van der Waals surface area contributed by atoms with E-state index in [1.807, 2.05) is 0 Å². The molecule has 0 atom stereocenters. The van der Waals surface area contributed by atoms with Crippen LogP contribution >= 0.6 is 11.6 Å². The number of nitriles is 1. The molecular formula is C19H15ClF3N3O. The summed E-state index contributed by atoms with van der Waals surface area (Å²) in [5.74, 6) is -0.159. The summed E-state index contributed by atoms with van der Waals surface area (Å²) in [6.07, 6.45) is -4.59. The van der Waals surface area contributed by atoms with E-state index in [9.17, 15) is 18.0 Å². The number of anilines is 1. The minimum Gasteiger partial charge on any atom is -0.368 e. The normalized spacial score (nSPS) is 14.8. The molecule has 1 amide bonds. The second kappa shape index (κ2) is 7.49. The second-order valence-corrected chi connectivity index (χ2v) is 6.57. The summed E-state index contributed by atoms with van der Waals surface area (Å²) < 4.78 is 39.4. The lowest BCUT2D eigenvalue weighted by Crippen LogP contribution is -2.48. The third-order valence-electron chi connectivity index (χ3n) is 4.43. The quantitative estimate of drug-likeness (QED) is 0.768. The van der Waals surface area contributed by atoms with E-state index in [0.717, 1.165) is 6.07 Å². The average molecular weight is 394 g/mol. The van der Waals surface area contributed by atoms with E-state index in [1.54, 1.807) is 40.1 Å². The molecule has 0 aromatic heterocycles. The predicted octanol–water partition coefficient (Wildman–Crippen LogP) is 4.19. The highest BCUT2D eigenvalue weighted by Crippen LogP contribution is 2.34. The van der Waals surface area contributed by atoms with E-state index in [0.29, 0.717) is 42.5 Å². The summed E-state index contributed by atoms with van der Waals surface area (Å²) >= 11 is 5.91. The van der Waals surface area contributed by atoms with Crippen molar-refractivity contribution in [1.29, 1.82) is 5.26 Å². The topological polar surface area (TPSA) is 47.3 Å². The summed E-state index contributed by atoms with van der Waals surface area (Å²) in [5.41, 5.74) is -0.481. The van der Waals surface area contributed by atoms with Crippen molar-refractivity contribution in [2.75, 3.05) is 31.1 Å². The molecule has 0 spiro atoms. The molecule has 2 aromatic rings. The van der Waals surface area contributed by atoms with Crippen LogP contribution in [-0.2, 0) is 6.18 Å². The van der Waals surface area contributed by atoms with Crippen LogP contribution in [0.1, 0.15) is 21.5 Å². The predicted molar refractivity (Wildman–Crippen MR) is 95.7 cm³/mol. The minimum atomic E-state index is -4.59. The Morgan fingerprint density at radius 2 is 1.78 bits per heavy atom. The molecule has 3 rings (SSSR count). The van der Waals surface area contributed by atoms with Gasteiger partial charge in [0, 0.05) is 42.5 Å². The molecule has 1 aliphatic rings. The summed E-state index contributed by atoms with van der Waals surface area (Å²) in [6, 6.07) is 11.9. The van der Waals surface area contributed by atoms with Crippen LogP contribution in [0.15, 0.2) is 42.5 Å². The molecule has 0 N–H and O–H groups in total. The fraction of sp³-hybridized carbons (Fsp3) is 0.263. The van der Waals surface area contributed by atoms with E-state index in [4.69, 9.17) is 16.9 Å². The molecule has 1 saturated heterocycles. The maximum Gasteiger partial charge on any atom is 0.417 e. The number of halogens is 4. The van der Waals surface area contributed by atoms with Gasteiger partial charge in [-0.3, -0.25) is 4.79 Å². The van der Waals surface area contributed by atoms with Gasteiger partial charge in [0.25, 0.3) is 5.91 Å². The first kappa shape index (κ1) is 19.1. The van der Waals surface area contributed by atoms with Crippen molar-refractivity contribution in [3.8, 4) is 6.07 Å².